The Hall–Kier alpha value is -1.13. The van der Waals surface area contributed by atoms with Gasteiger partial charge in [-0.25, -0.2) is 4.39 Å². The number of piperazine rings is 1. The van der Waals surface area contributed by atoms with E-state index in [1.165, 1.54) is 25.0 Å². The van der Waals surface area contributed by atoms with Crippen LogP contribution in [0.3, 0.4) is 0 Å². The van der Waals surface area contributed by atoms with Crippen molar-refractivity contribution in [1.82, 2.24) is 9.80 Å². The van der Waals surface area contributed by atoms with Crippen molar-refractivity contribution in [3.8, 4) is 0 Å². The third kappa shape index (κ3) is 4.83. The summed E-state index contributed by atoms with van der Waals surface area (Å²) in [6, 6.07) is 6.69. The second kappa shape index (κ2) is 8.91. The lowest BCUT2D eigenvalue weighted by Crippen LogP contribution is -2.52. The Balaban J connectivity index is 0.00000210. The van der Waals surface area contributed by atoms with Crippen molar-refractivity contribution < 1.29 is 9.13 Å². The first-order valence-electron chi connectivity index (χ1n) is 9.55. The lowest BCUT2D eigenvalue weighted by atomic mass is 10.2. The molecule has 0 bridgehead atoms. The van der Waals surface area contributed by atoms with Gasteiger partial charge in [-0.1, -0.05) is 0 Å². The van der Waals surface area contributed by atoms with Gasteiger partial charge < -0.3 is 20.3 Å². The molecule has 1 aromatic rings. The summed E-state index contributed by atoms with van der Waals surface area (Å²) < 4.78 is 18.5. The van der Waals surface area contributed by atoms with Crippen LogP contribution in [0.1, 0.15) is 12.8 Å². The number of rotatable bonds is 4. The van der Waals surface area contributed by atoms with Gasteiger partial charge in [0.2, 0.25) is 0 Å². The van der Waals surface area contributed by atoms with Gasteiger partial charge in [-0.2, -0.15) is 0 Å². The number of aliphatic imine (C=N–C) groups is 1. The maximum absolute atomic E-state index is 13.1. The summed E-state index contributed by atoms with van der Waals surface area (Å²) in [5.74, 6) is 0.460. The van der Waals surface area contributed by atoms with Crippen LogP contribution in [0.2, 0.25) is 0 Å². The summed E-state index contributed by atoms with van der Waals surface area (Å²) in [6.07, 6.45) is 2.42. The molecule has 4 rings (SSSR count). The van der Waals surface area contributed by atoms with E-state index in [0.717, 1.165) is 64.7 Å². The highest BCUT2D eigenvalue weighted by atomic mass is 127. The van der Waals surface area contributed by atoms with Crippen LogP contribution in [-0.4, -0.2) is 80.3 Å². The number of hydrogen-bond acceptors (Lipinski definition) is 4. The molecule has 2 N–H and O–H groups in total. The predicted octanol–water partition coefficient (Wildman–Crippen LogP) is 1.75. The van der Waals surface area contributed by atoms with Gasteiger partial charge in [-0.3, -0.25) is 9.89 Å². The smallest absolute Gasteiger partial charge is 0.191 e. The zero-order chi connectivity index (χ0) is 18.0. The Morgan fingerprint density at radius 2 is 1.67 bits per heavy atom. The van der Waals surface area contributed by atoms with E-state index in [-0.39, 0.29) is 35.3 Å². The average molecular weight is 489 g/mol. The second-order valence-corrected chi connectivity index (χ2v) is 7.45. The summed E-state index contributed by atoms with van der Waals surface area (Å²) in [6.45, 7) is 7.88. The van der Waals surface area contributed by atoms with Crippen LogP contribution in [0.15, 0.2) is 29.3 Å². The van der Waals surface area contributed by atoms with Crippen LogP contribution >= 0.6 is 24.0 Å². The van der Waals surface area contributed by atoms with Crippen LogP contribution in [0.5, 0.6) is 0 Å². The van der Waals surface area contributed by atoms with Crippen molar-refractivity contribution in [2.24, 2.45) is 10.7 Å². The zero-order valence-electron chi connectivity index (χ0n) is 15.6. The molecule has 0 amide bonds. The topological polar surface area (TPSA) is 57.3 Å². The molecule has 0 aromatic heterocycles. The van der Waals surface area contributed by atoms with E-state index in [4.69, 9.17) is 15.5 Å². The number of ether oxygens (including phenoxy) is 1. The van der Waals surface area contributed by atoms with E-state index < -0.39 is 0 Å². The number of hydrogen-bond donors (Lipinski definition) is 1. The molecule has 0 unspecified atom stereocenters. The highest BCUT2D eigenvalue weighted by Crippen LogP contribution is 2.42. The standard InChI is InChI=1S/C19H28FN5O.HI/c20-16-1-3-17(4-2-16)23-7-9-24(10-8-23)18(21)22-15-19(5-6-19)25-11-13-26-14-12-25;/h1-4H,5-15H2,(H2,21,22);1H. The Labute approximate surface area is 177 Å². The largest absolute Gasteiger partial charge is 0.379 e. The van der Waals surface area contributed by atoms with Crippen LogP contribution in [-0.2, 0) is 4.74 Å². The SMILES string of the molecule is I.NC(=NCC1(N2CCOCC2)CC1)N1CCN(c2ccc(F)cc2)CC1. The molecule has 1 aromatic carbocycles. The van der Waals surface area contributed by atoms with Crippen molar-refractivity contribution in [1.29, 1.82) is 0 Å². The average Bonchev–Trinajstić information content (AvgIpc) is 3.49. The fourth-order valence-corrected chi connectivity index (χ4v) is 3.93. The fraction of sp³-hybridized carbons (Fsp3) is 0.632. The van der Waals surface area contributed by atoms with Crippen LogP contribution < -0.4 is 10.6 Å². The maximum atomic E-state index is 13.1. The minimum atomic E-state index is -0.196. The third-order valence-corrected chi connectivity index (χ3v) is 5.84. The normalized spacial score (nSPS) is 23.1. The van der Waals surface area contributed by atoms with Crippen molar-refractivity contribution in [3.63, 3.8) is 0 Å². The first-order chi connectivity index (χ1) is 12.7. The van der Waals surface area contributed by atoms with Gasteiger partial charge in [0.05, 0.1) is 19.8 Å². The van der Waals surface area contributed by atoms with Gasteiger partial charge >= 0.3 is 0 Å². The summed E-state index contributed by atoms with van der Waals surface area (Å²) in [5.41, 5.74) is 7.57. The van der Waals surface area contributed by atoms with E-state index in [0.29, 0.717) is 5.96 Å². The fourth-order valence-electron chi connectivity index (χ4n) is 3.93. The highest BCUT2D eigenvalue weighted by Gasteiger charge is 2.48. The number of nitrogens with two attached hydrogens (primary N) is 1. The van der Waals surface area contributed by atoms with Crippen molar-refractivity contribution in [2.45, 2.75) is 18.4 Å². The zero-order valence-corrected chi connectivity index (χ0v) is 18.0. The lowest BCUT2D eigenvalue weighted by molar-refractivity contribution is 0.0117. The summed E-state index contributed by atoms with van der Waals surface area (Å²) in [5, 5.41) is 0. The molecule has 6 nitrogen and oxygen atoms in total. The Kier molecular flexibility index (Phi) is 6.80. The molecule has 2 aliphatic heterocycles. The Morgan fingerprint density at radius 3 is 2.26 bits per heavy atom. The number of halogens is 2. The molecule has 2 saturated heterocycles. The highest BCUT2D eigenvalue weighted by molar-refractivity contribution is 14.0. The minimum Gasteiger partial charge on any atom is -0.379 e. The maximum Gasteiger partial charge on any atom is 0.191 e. The van der Waals surface area contributed by atoms with Gasteiger partial charge in [-0.05, 0) is 37.1 Å². The van der Waals surface area contributed by atoms with Crippen molar-refractivity contribution in [3.05, 3.63) is 30.1 Å². The molecule has 27 heavy (non-hydrogen) atoms. The molecule has 0 spiro atoms. The van der Waals surface area contributed by atoms with Crippen LogP contribution in [0, 0.1) is 5.82 Å². The number of morpholine rings is 1. The molecular weight excluding hydrogens is 460 g/mol. The van der Waals surface area contributed by atoms with Gasteiger partial charge in [0.1, 0.15) is 5.82 Å². The monoisotopic (exact) mass is 489 g/mol. The van der Waals surface area contributed by atoms with Gasteiger partial charge in [0, 0.05) is 50.5 Å². The molecule has 0 atom stereocenters. The Morgan fingerprint density at radius 1 is 1.04 bits per heavy atom. The number of guanidine groups is 1. The molecule has 3 aliphatic rings. The molecule has 2 heterocycles. The van der Waals surface area contributed by atoms with Crippen molar-refractivity contribution in [2.75, 3.05) is 63.9 Å². The molecule has 8 heteroatoms. The summed E-state index contributed by atoms with van der Waals surface area (Å²) in [4.78, 5) is 11.7. The first kappa shape index (κ1) is 20.6. The Bertz CT molecular complexity index is 638. The molecule has 150 valence electrons. The lowest BCUT2D eigenvalue weighted by Gasteiger charge is -2.37. The number of benzene rings is 1. The van der Waals surface area contributed by atoms with E-state index in [1.807, 2.05) is 12.1 Å². The molecule has 1 saturated carbocycles. The van der Waals surface area contributed by atoms with E-state index in [9.17, 15) is 4.39 Å². The van der Waals surface area contributed by atoms with E-state index >= 15 is 0 Å². The summed E-state index contributed by atoms with van der Waals surface area (Å²) >= 11 is 0. The molecule has 0 radical (unpaired) electrons. The second-order valence-electron chi connectivity index (χ2n) is 7.45. The number of anilines is 1. The summed E-state index contributed by atoms with van der Waals surface area (Å²) in [7, 11) is 0. The molecule has 3 fully saturated rings. The van der Waals surface area contributed by atoms with Gasteiger partial charge in [0.25, 0.3) is 0 Å². The predicted molar refractivity (Wildman–Crippen MR) is 116 cm³/mol. The van der Waals surface area contributed by atoms with E-state index in [1.54, 1.807) is 0 Å². The van der Waals surface area contributed by atoms with Crippen molar-refractivity contribution >= 4 is 35.6 Å². The first-order valence-corrected chi connectivity index (χ1v) is 9.55. The van der Waals surface area contributed by atoms with E-state index in [2.05, 4.69) is 14.7 Å². The van der Waals surface area contributed by atoms with Gasteiger partial charge in [0.15, 0.2) is 5.96 Å². The third-order valence-electron chi connectivity index (χ3n) is 5.84. The quantitative estimate of drug-likeness (QED) is 0.397. The molecule has 1 aliphatic carbocycles. The minimum absolute atomic E-state index is 0. The van der Waals surface area contributed by atoms with Crippen LogP contribution in [0.25, 0.3) is 0 Å². The van der Waals surface area contributed by atoms with Crippen LogP contribution in [0.4, 0.5) is 10.1 Å². The number of nitrogens with zero attached hydrogens (tertiary/aromatic N) is 4. The molecular formula is C19H29FIN5O. The van der Waals surface area contributed by atoms with Gasteiger partial charge in [-0.15, -0.1) is 24.0 Å².